The first kappa shape index (κ1) is 11.9. The Morgan fingerprint density at radius 2 is 2.00 bits per heavy atom. The molecule has 1 atom stereocenters. The van der Waals surface area contributed by atoms with Crippen LogP contribution in [0.1, 0.15) is 25.3 Å². The van der Waals surface area contributed by atoms with E-state index in [2.05, 4.69) is 60.0 Å². The van der Waals surface area contributed by atoms with Gasteiger partial charge < -0.3 is 10.6 Å². The van der Waals surface area contributed by atoms with Crippen LogP contribution in [0, 0.1) is 0 Å². The number of hydrogen-bond acceptors (Lipinski definition) is 2. The van der Waals surface area contributed by atoms with E-state index in [1.165, 1.54) is 24.1 Å². The second kappa shape index (κ2) is 4.04. The molecule has 0 saturated heterocycles. The van der Waals surface area contributed by atoms with Crippen LogP contribution >= 0.6 is 15.9 Å². The predicted molar refractivity (Wildman–Crippen MR) is 73.0 cm³/mol. The molecule has 0 spiro atoms. The zero-order valence-electron chi connectivity index (χ0n) is 10.1. The second-order valence-corrected chi connectivity index (χ2v) is 5.86. The van der Waals surface area contributed by atoms with Crippen molar-refractivity contribution in [3.05, 3.63) is 28.2 Å². The number of anilines is 1. The molecule has 0 heterocycles. The summed E-state index contributed by atoms with van der Waals surface area (Å²) in [5.74, 6) is 0. The molecule has 0 aromatic heterocycles. The molecule has 88 valence electrons. The van der Waals surface area contributed by atoms with Crippen molar-refractivity contribution in [3.63, 3.8) is 0 Å². The van der Waals surface area contributed by atoms with E-state index in [0.717, 1.165) is 4.47 Å². The second-order valence-electron chi connectivity index (χ2n) is 5.01. The molecule has 0 amide bonds. The molecule has 2 nitrogen and oxygen atoms in total. The van der Waals surface area contributed by atoms with Crippen molar-refractivity contribution in [2.45, 2.75) is 31.2 Å². The van der Waals surface area contributed by atoms with Gasteiger partial charge in [-0.2, -0.15) is 0 Å². The first-order valence-electron chi connectivity index (χ1n) is 5.70. The van der Waals surface area contributed by atoms with Crippen LogP contribution in [0.5, 0.6) is 0 Å². The first-order valence-corrected chi connectivity index (χ1v) is 6.49. The number of nitrogens with two attached hydrogens (primary N) is 1. The maximum atomic E-state index is 6.09. The van der Waals surface area contributed by atoms with Crippen LogP contribution in [0.25, 0.3) is 0 Å². The Morgan fingerprint density at radius 3 is 2.38 bits per heavy atom. The Labute approximate surface area is 106 Å². The quantitative estimate of drug-likeness (QED) is 0.924. The highest BCUT2D eigenvalue weighted by atomic mass is 79.9. The van der Waals surface area contributed by atoms with E-state index in [1.807, 2.05) is 0 Å². The van der Waals surface area contributed by atoms with Crippen LogP contribution in [0.15, 0.2) is 22.7 Å². The SMILES string of the molecule is CC(N)C1(c2ccc(N(C)C)c(Br)c2)CC1. The molecule has 0 bridgehead atoms. The summed E-state index contributed by atoms with van der Waals surface area (Å²) in [7, 11) is 4.11. The monoisotopic (exact) mass is 282 g/mol. The van der Waals surface area contributed by atoms with Gasteiger partial charge in [0.25, 0.3) is 0 Å². The lowest BCUT2D eigenvalue weighted by atomic mass is 9.89. The van der Waals surface area contributed by atoms with Gasteiger partial charge in [0, 0.05) is 30.0 Å². The maximum Gasteiger partial charge on any atom is 0.0505 e. The fraction of sp³-hybridized carbons (Fsp3) is 0.538. The van der Waals surface area contributed by atoms with Gasteiger partial charge in [0.05, 0.1) is 5.69 Å². The van der Waals surface area contributed by atoms with Crippen LogP contribution in [-0.2, 0) is 5.41 Å². The minimum atomic E-state index is 0.240. The highest BCUT2D eigenvalue weighted by Crippen LogP contribution is 2.51. The fourth-order valence-corrected chi connectivity index (χ4v) is 3.05. The van der Waals surface area contributed by atoms with Gasteiger partial charge in [-0.25, -0.2) is 0 Å². The summed E-state index contributed by atoms with van der Waals surface area (Å²) in [5.41, 5.74) is 8.92. The molecule has 1 aliphatic rings. The maximum absolute atomic E-state index is 6.09. The van der Waals surface area contributed by atoms with Crippen LogP contribution < -0.4 is 10.6 Å². The van der Waals surface area contributed by atoms with Crippen molar-refractivity contribution < 1.29 is 0 Å². The third-order valence-electron chi connectivity index (χ3n) is 3.66. The lowest BCUT2D eigenvalue weighted by Gasteiger charge is -2.22. The number of hydrogen-bond donors (Lipinski definition) is 1. The van der Waals surface area contributed by atoms with E-state index in [1.54, 1.807) is 0 Å². The topological polar surface area (TPSA) is 29.3 Å². The summed E-state index contributed by atoms with van der Waals surface area (Å²) >= 11 is 3.63. The lowest BCUT2D eigenvalue weighted by molar-refractivity contribution is 0.556. The minimum absolute atomic E-state index is 0.240. The third kappa shape index (κ3) is 1.87. The summed E-state index contributed by atoms with van der Waals surface area (Å²) in [6.45, 7) is 2.11. The van der Waals surface area contributed by atoms with E-state index in [9.17, 15) is 0 Å². The van der Waals surface area contributed by atoms with Crippen LogP contribution in [0.3, 0.4) is 0 Å². The van der Waals surface area contributed by atoms with Gasteiger partial charge in [0.2, 0.25) is 0 Å². The van der Waals surface area contributed by atoms with Crippen LogP contribution in [-0.4, -0.2) is 20.1 Å². The Bertz CT molecular complexity index is 395. The van der Waals surface area contributed by atoms with Crippen molar-refractivity contribution >= 4 is 21.6 Å². The molecule has 3 heteroatoms. The molecule has 2 rings (SSSR count). The Kier molecular flexibility index (Phi) is 3.01. The normalized spacial score (nSPS) is 19.3. The fourth-order valence-electron chi connectivity index (χ4n) is 2.32. The van der Waals surface area contributed by atoms with Crippen LogP contribution in [0.4, 0.5) is 5.69 Å². The number of benzene rings is 1. The van der Waals surface area contributed by atoms with E-state index in [-0.39, 0.29) is 11.5 Å². The first-order chi connectivity index (χ1) is 7.47. The number of rotatable bonds is 3. The van der Waals surface area contributed by atoms with Gasteiger partial charge in [0.15, 0.2) is 0 Å². The highest BCUT2D eigenvalue weighted by Gasteiger charge is 2.47. The molecular weight excluding hydrogens is 264 g/mol. The van der Waals surface area contributed by atoms with Gasteiger partial charge in [-0.3, -0.25) is 0 Å². The summed E-state index contributed by atoms with van der Waals surface area (Å²) in [6.07, 6.45) is 2.44. The standard InChI is InChI=1S/C13H19BrN2/c1-9(15)13(6-7-13)10-4-5-12(16(2)3)11(14)8-10/h4-5,8-9H,6-7,15H2,1-3H3. The van der Waals surface area contributed by atoms with E-state index in [0.29, 0.717) is 0 Å². The smallest absolute Gasteiger partial charge is 0.0505 e. The predicted octanol–water partition coefficient (Wildman–Crippen LogP) is 2.89. The van der Waals surface area contributed by atoms with Gasteiger partial charge in [-0.15, -0.1) is 0 Å². The molecule has 1 aromatic rings. The van der Waals surface area contributed by atoms with Crippen molar-refractivity contribution in [1.82, 2.24) is 0 Å². The Hall–Kier alpha value is -0.540. The Balaban J connectivity index is 2.35. The molecule has 1 fully saturated rings. The van der Waals surface area contributed by atoms with E-state index in [4.69, 9.17) is 5.73 Å². The summed E-state index contributed by atoms with van der Waals surface area (Å²) in [5, 5.41) is 0. The zero-order valence-corrected chi connectivity index (χ0v) is 11.7. The van der Waals surface area contributed by atoms with E-state index >= 15 is 0 Å². The molecule has 1 aliphatic carbocycles. The van der Waals surface area contributed by atoms with Gasteiger partial charge in [-0.05, 0) is 53.4 Å². The number of halogens is 1. The summed E-state index contributed by atoms with van der Waals surface area (Å²) in [6, 6.07) is 6.86. The summed E-state index contributed by atoms with van der Waals surface area (Å²) < 4.78 is 1.15. The van der Waals surface area contributed by atoms with Gasteiger partial charge in [-0.1, -0.05) is 6.07 Å². The molecule has 2 N–H and O–H groups in total. The Morgan fingerprint density at radius 1 is 1.38 bits per heavy atom. The van der Waals surface area contributed by atoms with Gasteiger partial charge in [0.1, 0.15) is 0 Å². The lowest BCUT2D eigenvalue weighted by Crippen LogP contribution is -2.31. The molecule has 16 heavy (non-hydrogen) atoms. The molecule has 1 saturated carbocycles. The van der Waals surface area contributed by atoms with Crippen LogP contribution in [0.2, 0.25) is 0 Å². The van der Waals surface area contributed by atoms with Crippen molar-refractivity contribution in [3.8, 4) is 0 Å². The number of nitrogens with zero attached hydrogens (tertiary/aromatic N) is 1. The highest BCUT2D eigenvalue weighted by molar-refractivity contribution is 9.10. The molecule has 1 aromatic carbocycles. The van der Waals surface area contributed by atoms with E-state index < -0.39 is 0 Å². The van der Waals surface area contributed by atoms with Crippen molar-refractivity contribution in [2.75, 3.05) is 19.0 Å². The molecule has 1 unspecified atom stereocenters. The summed E-state index contributed by atoms with van der Waals surface area (Å²) in [4.78, 5) is 2.11. The molecular formula is C13H19BrN2. The minimum Gasteiger partial charge on any atom is -0.377 e. The third-order valence-corrected chi connectivity index (χ3v) is 4.30. The van der Waals surface area contributed by atoms with Crippen molar-refractivity contribution in [1.29, 1.82) is 0 Å². The largest absolute Gasteiger partial charge is 0.377 e. The average molecular weight is 283 g/mol. The average Bonchev–Trinajstić information content (AvgIpc) is 2.97. The van der Waals surface area contributed by atoms with Crippen molar-refractivity contribution in [2.24, 2.45) is 5.73 Å². The zero-order chi connectivity index (χ0) is 11.9. The molecule has 0 aliphatic heterocycles. The molecule has 0 radical (unpaired) electrons. The van der Waals surface area contributed by atoms with Gasteiger partial charge >= 0.3 is 0 Å².